The number of oxime groups is 1. The van der Waals surface area contributed by atoms with Crippen molar-refractivity contribution in [3.63, 3.8) is 0 Å². The van der Waals surface area contributed by atoms with Crippen molar-refractivity contribution < 1.29 is 10.0 Å². The quantitative estimate of drug-likeness (QED) is 0.384. The maximum atomic E-state index is 11.8. The van der Waals surface area contributed by atoms with Crippen molar-refractivity contribution in [1.29, 1.82) is 0 Å². The highest BCUT2D eigenvalue weighted by Gasteiger charge is 2.18. The zero-order valence-electron chi connectivity index (χ0n) is 8.28. The van der Waals surface area contributed by atoms with Crippen LogP contribution in [0.1, 0.15) is 10.4 Å². The third-order valence-electron chi connectivity index (χ3n) is 1.76. The van der Waals surface area contributed by atoms with E-state index < -0.39 is 0 Å². The Labute approximate surface area is 106 Å². The van der Waals surface area contributed by atoms with E-state index in [1.807, 2.05) is 0 Å². The standard InChI is InChI=1S/C8H9Cl2N3O2S/c1-13(3-6(11)12-15)8(14)4-2-5(9)16-7(4)10/h2,15H,3H2,1H3,(H2,11,12). The molecule has 1 rings (SSSR count). The lowest BCUT2D eigenvalue weighted by Crippen LogP contribution is -2.35. The number of halogens is 2. The first-order valence-corrected chi connectivity index (χ1v) is 5.69. The number of hydrogen-bond donors (Lipinski definition) is 2. The minimum absolute atomic E-state index is 0.0130. The van der Waals surface area contributed by atoms with Gasteiger partial charge in [0.15, 0.2) is 5.84 Å². The lowest BCUT2D eigenvalue weighted by atomic mass is 10.3. The summed E-state index contributed by atoms with van der Waals surface area (Å²) in [6, 6.07) is 1.49. The lowest BCUT2D eigenvalue weighted by molar-refractivity contribution is 0.0814. The molecule has 8 heteroatoms. The molecule has 5 nitrogen and oxygen atoms in total. The number of nitrogens with zero attached hydrogens (tertiary/aromatic N) is 2. The molecular weight excluding hydrogens is 273 g/mol. The van der Waals surface area contributed by atoms with Crippen molar-refractivity contribution in [2.75, 3.05) is 13.6 Å². The van der Waals surface area contributed by atoms with Crippen LogP contribution < -0.4 is 5.73 Å². The first-order valence-electron chi connectivity index (χ1n) is 4.12. The Morgan fingerprint density at radius 1 is 1.69 bits per heavy atom. The molecule has 1 aromatic heterocycles. The molecule has 0 saturated heterocycles. The molecule has 0 bridgehead atoms. The van der Waals surface area contributed by atoms with E-state index in [9.17, 15) is 4.79 Å². The van der Waals surface area contributed by atoms with Crippen LogP contribution in [-0.2, 0) is 0 Å². The molecule has 0 aliphatic carbocycles. The Balaban J connectivity index is 2.82. The van der Waals surface area contributed by atoms with Crippen LogP contribution in [0.5, 0.6) is 0 Å². The SMILES string of the molecule is CN(C/C(N)=N/O)C(=O)c1cc(Cl)sc1Cl. The topological polar surface area (TPSA) is 78.9 Å². The van der Waals surface area contributed by atoms with Crippen LogP contribution in [0, 0.1) is 0 Å². The van der Waals surface area contributed by atoms with E-state index in [0.29, 0.717) is 14.2 Å². The number of hydrogen-bond acceptors (Lipinski definition) is 4. The predicted molar refractivity (Wildman–Crippen MR) is 64.7 cm³/mol. The molecule has 0 atom stereocenters. The average molecular weight is 282 g/mol. The van der Waals surface area contributed by atoms with Crippen LogP contribution in [0.3, 0.4) is 0 Å². The largest absolute Gasteiger partial charge is 0.409 e. The van der Waals surface area contributed by atoms with Crippen LogP contribution in [0.2, 0.25) is 8.67 Å². The van der Waals surface area contributed by atoms with E-state index in [-0.39, 0.29) is 18.3 Å². The molecule has 88 valence electrons. The van der Waals surface area contributed by atoms with Crippen molar-refractivity contribution in [3.8, 4) is 0 Å². The number of carbonyl (C=O) groups excluding carboxylic acids is 1. The third-order valence-corrected chi connectivity index (χ3v) is 3.25. The molecule has 0 radical (unpaired) electrons. The number of carbonyl (C=O) groups is 1. The summed E-state index contributed by atoms with van der Waals surface area (Å²) in [6.45, 7) is 0.0130. The summed E-state index contributed by atoms with van der Waals surface area (Å²) in [4.78, 5) is 13.1. The number of thiophene rings is 1. The minimum Gasteiger partial charge on any atom is -0.409 e. The molecule has 3 N–H and O–H groups in total. The number of likely N-dealkylation sites (N-methyl/N-ethyl adjacent to an activating group) is 1. The summed E-state index contributed by atoms with van der Waals surface area (Å²) in [5.41, 5.74) is 5.59. The molecule has 0 unspecified atom stereocenters. The van der Waals surface area contributed by atoms with Crippen LogP contribution in [0.25, 0.3) is 0 Å². The van der Waals surface area contributed by atoms with Gasteiger partial charge in [-0.1, -0.05) is 28.4 Å². The van der Waals surface area contributed by atoms with Crippen LogP contribution >= 0.6 is 34.5 Å². The van der Waals surface area contributed by atoms with Gasteiger partial charge in [-0.2, -0.15) is 0 Å². The van der Waals surface area contributed by atoms with E-state index in [2.05, 4.69) is 5.16 Å². The van der Waals surface area contributed by atoms with Crippen molar-refractivity contribution in [2.45, 2.75) is 0 Å². The van der Waals surface area contributed by atoms with E-state index in [1.165, 1.54) is 18.0 Å². The first-order chi connectivity index (χ1) is 7.45. The Morgan fingerprint density at radius 3 is 2.75 bits per heavy atom. The summed E-state index contributed by atoms with van der Waals surface area (Å²) < 4.78 is 0.756. The van der Waals surface area contributed by atoms with Gasteiger partial charge in [-0.15, -0.1) is 11.3 Å². The van der Waals surface area contributed by atoms with Gasteiger partial charge in [0.05, 0.1) is 16.4 Å². The lowest BCUT2D eigenvalue weighted by Gasteiger charge is -2.15. The van der Waals surface area contributed by atoms with Gasteiger partial charge >= 0.3 is 0 Å². The van der Waals surface area contributed by atoms with Gasteiger partial charge < -0.3 is 15.8 Å². The van der Waals surface area contributed by atoms with Crippen LogP contribution in [0.4, 0.5) is 0 Å². The third kappa shape index (κ3) is 3.01. The van der Waals surface area contributed by atoms with Gasteiger partial charge in [0.1, 0.15) is 4.34 Å². The number of amidine groups is 1. The molecule has 0 aliphatic rings. The van der Waals surface area contributed by atoms with Gasteiger partial charge in [-0.05, 0) is 6.07 Å². The molecule has 1 heterocycles. The normalized spacial score (nSPS) is 11.6. The highest BCUT2D eigenvalue weighted by atomic mass is 35.5. The zero-order chi connectivity index (χ0) is 12.3. The summed E-state index contributed by atoms with van der Waals surface area (Å²) in [5, 5.41) is 11.2. The Hall–Kier alpha value is -0.980. The molecule has 16 heavy (non-hydrogen) atoms. The van der Waals surface area contributed by atoms with Gasteiger partial charge in [0, 0.05) is 7.05 Å². The summed E-state index contributed by atoms with van der Waals surface area (Å²) in [7, 11) is 1.52. The second kappa shape index (κ2) is 5.38. The molecule has 0 fully saturated rings. The van der Waals surface area contributed by atoms with E-state index >= 15 is 0 Å². The first kappa shape index (κ1) is 13.1. The highest BCUT2D eigenvalue weighted by molar-refractivity contribution is 7.20. The van der Waals surface area contributed by atoms with Gasteiger partial charge in [0.2, 0.25) is 0 Å². The Bertz CT molecular complexity index is 433. The van der Waals surface area contributed by atoms with E-state index in [0.717, 1.165) is 11.3 Å². The highest BCUT2D eigenvalue weighted by Crippen LogP contribution is 2.31. The second-order valence-corrected chi connectivity index (χ2v) is 5.28. The van der Waals surface area contributed by atoms with Crippen LogP contribution in [0.15, 0.2) is 11.2 Å². The molecule has 0 saturated carbocycles. The van der Waals surface area contributed by atoms with Crippen molar-refractivity contribution in [2.24, 2.45) is 10.9 Å². The molecule has 1 aromatic rings. The van der Waals surface area contributed by atoms with Crippen molar-refractivity contribution in [1.82, 2.24) is 4.90 Å². The van der Waals surface area contributed by atoms with Crippen molar-refractivity contribution >= 4 is 46.3 Å². The maximum absolute atomic E-state index is 11.8. The fourth-order valence-corrected chi connectivity index (χ4v) is 2.49. The maximum Gasteiger partial charge on any atom is 0.256 e. The Kier molecular flexibility index (Phi) is 4.40. The summed E-state index contributed by atoms with van der Waals surface area (Å²) >= 11 is 12.7. The van der Waals surface area contributed by atoms with Gasteiger partial charge in [-0.3, -0.25) is 4.79 Å². The zero-order valence-corrected chi connectivity index (χ0v) is 10.6. The monoisotopic (exact) mass is 281 g/mol. The molecular formula is C8H9Cl2N3O2S. The van der Waals surface area contributed by atoms with E-state index in [4.69, 9.17) is 34.1 Å². The summed E-state index contributed by atoms with van der Waals surface area (Å²) in [6.07, 6.45) is 0. The van der Waals surface area contributed by atoms with Crippen LogP contribution in [-0.4, -0.2) is 35.4 Å². The summed E-state index contributed by atoms with van der Waals surface area (Å²) in [5.74, 6) is -0.395. The second-order valence-electron chi connectivity index (χ2n) is 2.99. The predicted octanol–water partition coefficient (Wildman–Crippen LogP) is 1.87. The molecule has 0 spiro atoms. The number of rotatable bonds is 3. The molecule has 0 aromatic carbocycles. The minimum atomic E-state index is -0.334. The van der Waals surface area contributed by atoms with Crippen molar-refractivity contribution in [3.05, 3.63) is 20.3 Å². The molecule has 1 amide bonds. The van der Waals surface area contributed by atoms with Gasteiger partial charge in [-0.25, -0.2) is 0 Å². The number of nitrogens with two attached hydrogens (primary N) is 1. The Morgan fingerprint density at radius 2 is 2.31 bits per heavy atom. The smallest absolute Gasteiger partial charge is 0.256 e. The fourth-order valence-electron chi connectivity index (χ4n) is 1.04. The van der Waals surface area contributed by atoms with E-state index in [1.54, 1.807) is 0 Å². The average Bonchev–Trinajstić information content (AvgIpc) is 2.56. The molecule has 0 aliphatic heterocycles. The fraction of sp³-hybridized carbons (Fsp3) is 0.250. The van der Waals surface area contributed by atoms with Gasteiger partial charge in [0.25, 0.3) is 5.91 Å². The number of amides is 1.